The fourth-order valence-electron chi connectivity index (χ4n) is 3.16. The van der Waals surface area contributed by atoms with E-state index in [9.17, 15) is 18.0 Å². The SMILES string of the molecule is CC(C)CNC(=O)c1nc(-c2ccn(Cc3cccnc3)c2)n2ccccc12.O=C(O)C(F)(F)F. The zero-order chi connectivity index (χ0) is 25.6. The number of nitrogens with zero attached hydrogens (tertiary/aromatic N) is 4. The van der Waals surface area contributed by atoms with Gasteiger partial charge in [-0.2, -0.15) is 13.2 Å². The van der Waals surface area contributed by atoms with Crippen LogP contribution < -0.4 is 5.32 Å². The standard InChI is InChI=1S/C22H23N5O.C2HF3O2/c1-16(2)12-24-22(28)20-19-7-3-4-10-27(19)21(25-20)18-8-11-26(15-18)14-17-6-5-9-23-13-17;3-2(4,5)1(6)7/h3-11,13,15-16H,12,14H2,1-2H3,(H,24,28);(H,6,7). The van der Waals surface area contributed by atoms with Crippen molar-refractivity contribution in [1.82, 2.24) is 24.3 Å². The van der Waals surface area contributed by atoms with E-state index in [1.54, 1.807) is 6.20 Å². The number of amides is 1. The quantitative estimate of drug-likeness (QED) is 0.423. The Morgan fingerprint density at radius 3 is 2.49 bits per heavy atom. The second-order valence-electron chi connectivity index (χ2n) is 8.08. The van der Waals surface area contributed by atoms with E-state index in [-0.39, 0.29) is 5.91 Å². The van der Waals surface area contributed by atoms with E-state index in [0.29, 0.717) is 18.2 Å². The number of carboxylic acids is 1. The highest BCUT2D eigenvalue weighted by molar-refractivity contribution is 6.00. The first-order valence-electron chi connectivity index (χ1n) is 10.7. The molecule has 35 heavy (non-hydrogen) atoms. The summed E-state index contributed by atoms with van der Waals surface area (Å²) < 4.78 is 35.8. The smallest absolute Gasteiger partial charge is 0.475 e. The molecular formula is C24H24F3N5O3. The molecule has 1 amide bonds. The summed E-state index contributed by atoms with van der Waals surface area (Å²) in [6.07, 6.45) is 4.56. The Balaban J connectivity index is 0.000000429. The molecule has 184 valence electrons. The monoisotopic (exact) mass is 487 g/mol. The predicted molar refractivity (Wildman–Crippen MR) is 123 cm³/mol. The highest BCUT2D eigenvalue weighted by Gasteiger charge is 2.38. The first kappa shape index (κ1) is 25.5. The molecule has 0 atom stereocenters. The van der Waals surface area contributed by atoms with Gasteiger partial charge in [0.25, 0.3) is 5.91 Å². The van der Waals surface area contributed by atoms with E-state index < -0.39 is 12.1 Å². The normalized spacial score (nSPS) is 11.3. The van der Waals surface area contributed by atoms with Crippen LogP contribution in [0.25, 0.3) is 16.9 Å². The van der Waals surface area contributed by atoms with Crippen LogP contribution in [-0.2, 0) is 11.3 Å². The minimum absolute atomic E-state index is 0.140. The molecule has 0 radical (unpaired) electrons. The number of halogens is 3. The minimum atomic E-state index is -5.08. The number of hydrogen-bond acceptors (Lipinski definition) is 4. The first-order valence-corrected chi connectivity index (χ1v) is 10.7. The van der Waals surface area contributed by atoms with Gasteiger partial charge in [0.2, 0.25) is 0 Å². The van der Waals surface area contributed by atoms with Gasteiger partial charge in [0.15, 0.2) is 5.69 Å². The molecule has 0 aliphatic heterocycles. The Morgan fingerprint density at radius 2 is 1.86 bits per heavy atom. The molecule has 11 heteroatoms. The molecule has 4 aromatic rings. The molecule has 2 N–H and O–H groups in total. The summed E-state index contributed by atoms with van der Waals surface area (Å²) in [5.74, 6) is -1.75. The number of carbonyl (C=O) groups is 2. The number of nitrogens with one attached hydrogen (secondary N) is 1. The first-order chi connectivity index (χ1) is 16.6. The second-order valence-corrected chi connectivity index (χ2v) is 8.08. The third-order valence-electron chi connectivity index (χ3n) is 4.77. The molecule has 4 rings (SSSR count). The van der Waals surface area contributed by atoms with Crippen LogP contribution in [0.2, 0.25) is 0 Å². The molecule has 0 saturated carbocycles. The third-order valence-corrected chi connectivity index (χ3v) is 4.77. The highest BCUT2D eigenvalue weighted by Crippen LogP contribution is 2.23. The average molecular weight is 487 g/mol. The van der Waals surface area contributed by atoms with Crippen molar-refractivity contribution in [2.24, 2.45) is 5.92 Å². The third kappa shape index (κ3) is 6.69. The van der Waals surface area contributed by atoms with E-state index in [1.165, 1.54) is 0 Å². The molecule has 4 heterocycles. The maximum atomic E-state index is 12.7. The van der Waals surface area contributed by atoms with Gasteiger partial charge in [-0.25, -0.2) is 9.78 Å². The minimum Gasteiger partial charge on any atom is -0.475 e. The number of hydrogen-bond donors (Lipinski definition) is 2. The number of fused-ring (bicyclic) bond motifs is 1. The second kappa shape index (κ2) is 10.9. The summed E-state index contributed by atoms with van der Waals surface area (Å²) in [6.45, 7) is 5.50. The van der Waals surface area contributed by atoms with Gasteiger partial charge < -0.3 is 15.0 Å². The van der Waals surface area contributed by atoms with Crippen molar-refractivity contribution in [2.75, 3.05) is 6.54 Å². The maximum Gasteiger partial charge on any atom is 0.490 e. The molecule has 0 aromatic carbocycles. The van der Waals surface area contributed by atoms with Gasteiger partial charge in [0.05, 0.1) is 5.52 Å². The van der Waals surface area contributed by atoms with Gasteiger partial charge in [-0.1, -0.05) is 26.0 Å². The zero-order valence-corrected chi connectivity index (χ0v) is 19.0. The summed E-state index contributed by atoms with van der Waals surface area (Å²) in [5, 5.41) is 10.1. The lowest BCUT2D eigenvalue weighted by Crippen LogP contribution is -2.27. The molecule has 0 spiro atoms. The van der Waals surface area contributed by atoms with Crippen LogP contribution in [0.5, 0.6) is 0 Å². The van der Waals surface area contributed by atoms with Crippen LogP contribution in [0.15, 0.2) is 67.4 Å². The van der Waals surface area contributed by atoms with Gasteiger partial charge in [0.1, 0.15) is 5.82 Å². The molecule has 0 aliphatic carbocycles. The van der Waals surface area contributed by atoms with E-state index in [4.69, 9.17) is 9.90 Å². The van der Waals surface area contributed by atoms with Gasteiger partial charge in [-0.15, -0.1) is 0 Å². The van der Waals surface area contributed by atoms with Crippen molar-refractivity contribution in [3.63, 3.8) is 0 Å². The largest absolute Gasteiger partial charge is 0.490 e. The molecule has 0 unspecified atom stereocenters. The Labute approximate surface area is 199 Å². The summed E-state index contributed by atoms with van der Waals surface area (Å²) in [6, 6.07) is 11.8. The van der Waals surface area contributed by atoms with Crippen LogP contribution in [0.3, 0.4) is 0 Å². The highest BCUT2D eigenvalue weighted by atomic mass is 19.4. The van der Waals surface area contributed by atoms with Crippen LogP contribution >= 0.6 is 0 Å². The van der Waals surface area contributed by atoms with Crippen molar-refractivity contribution in [3.05, 3.63) is 78.6 Å². The van der Waals surface area contributed by atoms with Crippen molar-refractivity contribution >= 4 is 17.4 Å². The van der Waals surface area contributed by atoms with Crippen LogP contribution in [0.1, 0.15) is 29.9 Å². The Kier molecular flexibility index (Phi) is 7.90. The number of pyridine rings is 2. The van der Waals surface area contributed by atoms with Crippen molar-refractivity contribution in [2.45, 2.75) is 26.6 Å². The number of aromatic nitrogens is 4. The molecule has 4 aromatic heterocycles. The van der Waals surface area contributed by atoms with Gasteiger partial charge in [-0.3, -0.25) is 14.2 Å². The number of aliphatic carboxylic acids is 1. The molecule has 0 fully saturated rings. The zero-order valence-electron chi connectivity index (χ0n) is 19.0. The van der Waals surface area contributed by atoms with E-state index in [0.717, 1.165) is 29.0 Å². The summed E-state index contributed by atoms with van der Waals surface area (Å²) in [4.78, 5) is 30.4. The van der Waals surface area contributed by atoms with Crippen molar-refractivity contribution in [1.29, 1.82) is 0 Å². The Bertz CT molecular complexity index is 1300. The number of carboxylic acid groups (broad SMARTS) is 1. The number of alkyl halides is 3. The average Bonchev–Trinajstić information content (AvgIpc) is 3.42. The molecule has 8 nitrogen and oxygen atoms in total. The Morgan fingerprint density at radius 1 is 1.11 bits per heavy atom. The lowest BCUT2D eigenvalue weighted by Gasteiger charge is -2.05. The predicted octanol–water partition coefficient (Wildman–Crippen LogP) is 4.27. The summed E-state index contributed by atoms with van der Waals surface area (Å²) >= 11 is 0. The molecule has 0 aliphatic rings. The number of imidazole rings is 1. The molecular weight excluding hydrogens is 463 g/mol. The van der Waals surface area contributed by atoms with Gasteiger partial charge in [-0.05, 0) is 35.7 Å². The summed E-state index contributed by atoms with van der Waals surface area (Å²) in [5.41, 5.74) is 3.36. The topological polar surface area (TPSA) is 102 Å². The fraction of sp³-hybridized carbons (Fsp3) is 0.250. The van der Waals surface area contributed by atoms with Crippen molar-refractivity contribution < 1.29 is 27.9 Å². The van der Waals surface area contributed by atoms with Crippen LogP contribution in [-0.4, -0.2) is 48.6 Å². The van der Waals surface area contributed by atoms with Gasteiger partial charge in [0, 0.05) is 49.6 Å². The molecule has 0 saturated heterocycles. The lowest BCUT2D eigenvalue weighted by atomic mass is 10.2. The van der Waals surface area contributed by atoms with E-state index >= 15 is 0 Å². The number of rotatable bonds is 6. The van der Waals surface area contributed by atoms with E-state index in [1.807, 2.05) is 59.5 Å². The van der Waals surface area contributed by atoms with Gasteiger partial charge >= 0.3 is 12.1 Å². The van der Waals surface area contributed by atoms with Crippen molar-refractivity contribution in [3.8, 4) is 11.4 Å². The maximum absolute atomic E-state index is 12.7. The molecule has 0 bridgehead atoms. The summed E-state index contributed by atoms with van der Waals surface area (Å²) in [7, 11) is 0. The van der Waals surface area contributed by atoms with Crippen LogP contribution in [0.4, 0.5) is 13.2 Å². The van der Waals surface area contributed by atoms with E-state index in [2.05, 4.69) is 39.8 Å². The van der Waals surface area contributed by atoms with Crippen LogP contribution in [0, 0.1) is 5.92 Å². The Hall–Kier alpha value is -4.15. The fourth-order valence-corrected chi connectivity index (χ4v) is 3.16. The number of carbonyl (C=O) groups excluding carboxylic acids is 1. The lowest BCUT2D eigenvalue weighted by molar-refractivity contribution is -0.192.